The predicted molar refractivity (Wildman–Crippen MR) is 136 cm³/mol. The van der Waals surface area contributed by atoms with Crippen LogP contribution < -0.4 is 4.90 Å². The van der Waals surface area contributed by atoms with Crippen LogP contribution in [0.5, 0.6) is 0 Å². The van der Waals surface area contributed by atoms with Crippen molar-refractivity contribution in [2.75, 3.05) is 31.1 Å². The van der Waals surface area contributed by atoms with Crippen LogP contribution in [0, 0.1) is 5.92 Å². The molecule has 0 N–H and O–H groups in total. The monoisotopic (exact) mass is 519 g/mol. The summed E-state index contributed by atoms with van der Waals surface area (Å²) in [7, 11) is -3.49. The van der Waals surface area contributed by atoms with Crippen molar-refractivity contribution in [2.45, 2.75) is 49.3 Å². The van der Waals surface area contributed by atoms with Gasteiger partial charge >= 0.3 is 0 Å². The number of sulfonamides is 1. The molecule has 2 saturated heterocycles. The number of aromatic nitrogens is 1. The Morgan fingerprint density at radius 2 is 2.03 bits per heavy atom. The normalized spacial score (nSPS) is 20.2. The molecule has 4 heterocycles. The molecule has 1 amide bonds. The van der Waals surface area contributed by atoms with Crippen LogP contribution in [0.15, 0.2) is 39.9 Å². The van der Waals surface area contributed by atoms with Crippen molar-refractivity contribution in [3.05, 3.63) is 41.3 Å². The van der Waals surface area contributed by atoms with Crippen molar-refractivity contribution in [3.8, 4) is 0 Å². The summed E-state index contributed by atoms with van der Waals surface area (Å²) in [5, 5.41) is 2.48. The van der Waals surface area contributed by atoms with Crippen molar-refractivity contribution in [1.29, 1.82) is 0 Å². The Hall–Kier alpha value is -1.85. The summed E-state index contributed by atoms with van der Waals surface area (Å²) < 4.78 is 34.6. The summed E-state index contributed by atoms with van der Waals surface area (Å²) in [5.74, 6) is -0.199. The maximum absolute atomic E-state index is 13.8. The van der Waals surface area contributed by atoms with E-state index in [9.17, 15) is 13.2 Å². The number of rotatable bonds is 7. The average molecular weight is 520 g/mol. The Morgan fingerprint density at radius 1 is 1.21 bits per heavy atom. The molecule has 182 valence electrons. The molecule has 3 aromatic rings. The predicted octanol–water partition coefficient (Wildman–Crippen LogP) is 4.53. The first kappa shape index (κ1) is 23.9. The van der Waals surface area contributed by atoms with Crippen molar-refractivity contribution < 1.29 is 17.9 Å². The molecule has 2 fully saturated rings. The first-order chi connectivity index (χ1) is 16.5. The topological polar surface area (TPSA) is 79.8 Å². The van der Waals surface area contributed by atoms with Gasteiger partial charge in [0.25, 0.3) is 10.0 Å². The van der Waals surface area contributed by atoms with Crippen LogP contribution in [0.2, 0.25) is 0 Å². The number of amides is 1. The van der Waals surface area contributed by atoms with Gasteiger partial charge in [0.15, 0.2) is 5.13 Å². The van der Waals surface area contributed by atoms with E-state index in [-0.39, 0.29) is 17.9 Å². The molecule has 0 spiro atoms. The van der Waals surface area contributed by atoms with E-state index in [4.69, 9.17) is 9.72 Å². The molecule has 0 bridgehead atoms. The highest BCUT2D eigenvalue weighted by molar-refractivity contribution is 7.91. The fraction of sp³-hybridized carbons (Fsp3) is 0.500. The average Bonchev–Trinajstić information content (AvgIpc) is 3.63. The zero-order chi connectivity index (χ0) is 23.7. The molecule has 5 rings (SSSR count). The van der Waals surface area contributed by atoms with Gasteiger partial charge in [0.2, 0.25) is 5.91 Å². The second kappa shape index (κ2) is 10.0. The molecule has 10 heteroatoms. The molecule has 0 aliphatic carbocycles. The van der Waals surface area contributed by atoms with Gasteiger partial charge in [0.05, 0.1) is 22.9 Å². The summed E-state index contributed by atoms with van der Waals surface area (Å²) in [5.41, 5.74) is 2.14. The van der Waals surface area contributed by atoms with E-state index in [2.05, 4.69) is 19.1 Å². The van der Waals surface area contributed by atoms with Gasteiger partial charge in [-0.05, 0) is 55.2 Å². The van der Waals surface area contributed by atoms with Crippen LogP contribution in [0.25, 0.3) is 10.2 Å². The number of aryl methyl sites for hydroxylation is 1. The van der Waals surface area contributed by atoms with Crippen LogP contribution in [0.4, 0.5) is 5.13 Å². The highest BCUT2D eigenvalue weighted by atomic mass is 32.2. The van der Waals surface area contributed by atoms with Gasteiger partial charge in [-0.2, -0.15) is 4.31 Å². The van der Waals surface area contributed by atoms with E-state index in [1.807, 2.05) is 11.0 Å². The Bertz CT molecular complexity index is 1240. The Balaban J connectivity index is 1.36. The third kappa shape index (κ3) is 4.66. The number of carbonyl (C=O) groups is 1. The summed E-state index contributed by atoms with van der Waals surface area (Å²) in [6.45, 7) is 4.04. The van der Waals surface area contributed by atoms with Gasteiger partial charge in [0.1, 0.15) is 4.21 Å². The lowest BCUT2D eigenvalue weighted by Gasteiger charge is -2.33. The molecule has 1 unspecified atom stereocenters. The zero-order valence-electron chi connectivity index (χ0n) is 19.2. The number of thiazole rings is 1. The van der Waals surface area contributed by atoms with Crippen LogP contribution in [-0.2, 0) is 26.0 Å². The van der Waals surface area contributed by atoms with Crippen molar-refractivity contribution in [2.24, 2.45) is 5.92 Å². The Labute approximate surface area is 208 Å². The SMILES string of the molecule is CCc1cccc2sc(N(CC3CCCO3)C(=O)C3CCN(S(=O)(=O)c4cccs4)CC3)nc12. The molecule has 0 radical (unpaired) electrons. The van der Waals surface area contributed by atoms with Gasteiger partial charge in [0, 0.05) is 25.6 Å². The van der Waals surface area contributed by atoms with E-state index < -0.39 is 10.0 Å². The number of carbonyl (C=O) groups excluding carboxylic acids is 1. The summed E-state index contributed by atoms with van der Waals surface area (Å²) in [6.07, 6.45) is 3.86. The summed E-state index contributed by atoms with van der Waals surface area (Å²) in [4.78, 5) is 20.5. The molecule has 1 aromatic carbocycles. The van der Waals surface area contributed by atoms with Crippen molar-refractivity contribution >= 4 is 54.0 Å². The second-order valence-corrected chi connectivity index (χ2v) is 12.9. The van der Waals surface area contributed by atoms with Crippen molar-refractivity contribution in [1.82, 2.24) is 9.29 Å². The lowest BCUT2D eigenvalue weighted by atomic mass is 9.96. The first-order valence-electron chi connectivity index (χ1n) is 11.8. The van der Waals surface area contributed by atoms with E-state index >= 15 is 0 Å². The van der Waals surface area contributed by atoms with E-state index in [0.29, 0.717) is 41.8 Å². The largest absolute Gasteiger partial charge is 0.376 e. The van der Waals surface area contributed by atoms with Gasteiger partial charge in [-0.3, -0.25) is 9.69 Å². The number of benzene rings is 1. The third-order valence-electron chi connectivity index (χ3n) is 6.67. The van der Waals surface area contributed by atoms with Gasteiger partial charge < -0.3 is 4.74 Å². The third-order valence-corrected chi connectivity index (χ3v) is 11.0. The Morgan fingerprint density at radius 3 is 2.71 bits per heavy atom. The molecular formula is C24H29N3O4S3. The zero-order valence-corrected chi connectivity index (χ0v) is 21.6. The highest BCUT2D eigenvalue weighted by Crippen LogP contribution is 2.34. The van der Waals surface area contributed by atoms with Gasteiger partial charge in [-0.1, -0.05) is 36.5 Å². The standard InChI is InChI=1S/C24H29N3O4S3/c1-2-17-6-3-8-20-22(17)25-24(33-20)27(16-19-7-4-14-31-19)23(28)18-10-12-26(13-11-18)34(29,30)21-9-5-15-32-21/h3,5-6,8-9,15,18-19H,2,4,7,10-14,16H2,1H3. The molecule has 2 aromatic heterocycles. The number of thiophene rings is 1. The number of anilines is 1. The number of fused-ring (bicyclic) bond motifs is 1. The highest BCUT2D eigenvalue weighted by Gasteiger charge is 2.36. The van der Waals surface area contributed by atoms with Gasteiger partial charge in [-0.15, -0.1) is 11.3 Å². The minimum atomic E-state index is -3.49. The minimum Gasteiger partial charge on any atom is -0.376 e. The van der Waals surface area contributed by atoms with Crippen LogP contribution in [-0.4, -0.2) is 56.0 Å². The fourth-order valence-electron chi connectivity index (χ4n) is 4.75. The van der Waals surface area contributed by atoms with Crippen LogP contribution >= 0.6 is 22.7 Å². The van der Waals surface area contributed by atoms with Crippen LogP contribution in [0.1, 0.15) is 38.2 Å². The number of nitrogens with zero attached hydrogens (tertiary/aromatic N) is 3. The number of hydrogen-bond acceptors (Lipinski definition) is 7. The first-order valence-corrected chi connectivity index (χ1v) is 15.0. The quantitative estimate of drug-likeness (QED) is 0.458. The second-order valence-electron chi connectivity index (χ2n) is 8.81. The fourth-order valence-corrected chi connectivity index (χ4v) is 8.39. The molecule has 1 atom stereocenters. The Kier molecular flexibility index (Phi) is 7.04. The molecule has 7 nitrogen and oxygen atoms in total. The molecular weight excluding hydrogens is 490 g/mol. The van der Waals surface area contributed by atoms with Gasteiger partial charge in [-0.25, -0.2) is 13.4 Å². The number of para-hydroxylation sites is 1. The van der Waals surface area contributed by atoms with E-state index in [0.717, 1.165) is 36.1 Å². The van der Waals surface area contributed by atoms with E-state index in [1.54, 1.807) is 28.8 Å². The molecule has 2 aliphatic heterocycles. The van der Waals surface area contributed by atoms with Crippen LogP contribution in [0.3, 0.4) is 0 Å². The number of piperidine rings is 1. The lowest BCUT2D eigenvalue weighted by molar-refractivity contribution is -0.123. The minimum absolute atomic E-state index is 0.0147. The molecule has 2 aliphatic rings. The molecule has 34 heavy (non-hydrogen) atoms. The number of hydrogen-bond donors (Lipinski definition) is 0. The maximum Gasteiger partial charge on any atom is 0.252 e. The smallest absolute Gasteiger partial charge is 0.252 e. The summed E-state index contributed by atoms with van der Waals surface area (Å²) >= 11 is 2.78. The maximum atomic E-state index is 13.8. The molecule has 0 saturated carbocycles. The van der Waals surface area contributed by atoms with Crippen molar-refractivity contribution in [3.63, 3.8) is 0 Å². The lowest BCUT2D eigenvalue weighted by Crippen LogP contribution is -2.46. The van der Waals surface area contributed by atoms with E-state index in [1.165, 1.54) is 21.2 Å². The number of ether oxygens (including phenoxy) is 1. The summed E-state index contributed by atoms with van der Waals surface area (Å²) in [6, 6.07) is 9.57.